The summed E-state index contributed by atoms with van der Waals surface area (Å²) in [4.78, 5) is 95.7. The quantitative estimate of drug-likeness (QED) is 0.00704. The van der Waals surface area contributed by atoms with E-state index in [-0.39, 0.29) is 74.4 Å². The Bertz CT molecular complexity index is 5840. The number of rotatable bonds is 33. The predicted molar refractivity (Wildman–Crippen MR) is 464 cm³/mol. The summed E-state index contributed by atoms with van der Waals surface area (Å²) in [7, 11) is -8.13. The maximum Gasteiger partial charge on any atom is 0.510 e. The van der Waals surface area contributed by atoms with Crippen molar-refractivity contribution in [3.63, 3.8) is 0 Å². The number of nitrogens with zero attached hydrogens (tertiary/aromatic N) is 16. The van der Waals surface area contributed by atoms with E-state index >= 15 is 0 Å². The Morgan fingerprint density at radius 3 is 1.03 bits per heavy atom. The highest BCUT2D eigenvalue weighted by molar-refractivity contribution is 7.48. The molecule has 55 nitrogen and oxygen atoms in total. The Kier molecular flexibility index (Phi) is 34.3. The fourth-order valence-electron chi connectivity index (χ4n) is 14.2. The Hall–Kier alpha value is -10.5. The number of nitrogens with two attached hydrogens (primary N) is 4. The second kappa shape index (κ2) is 43.9. The molecule has 6 fully saturated rings. The highest BCUT2D eigenvalue weighted by atomic mass is 35.5. The molecule has 0 amide bonds. The van der Waals surface area contributed by atoms with E-state index in [4.69, 9.17) is 193 Å². The minimum atomic E-state index is -4.82. The minimum Gasteiger partial charge on any atom is -0.432 e. The number of hydrogen-bond donors (Lipinski definition) is 10. The number of aromatic nitrogens is 16. The zero-order chi connectivity index (χ0) is 100. The number of hydrogen-bond acceptors (Lipinski definition) is 51. The molecule has 0 saturated carbocycles. The van der Waals surface area contributed by atoms with Gasteiger partial charge in [-0.05, 0) is 62.3 Å². The number of fused-ring (bicyclic) bond motifs is 6. The van der Waals surface area contributed by atoms with E-state index in [2.05, 4.69) is 93.0 Å². The highest BCUT2D eigenvalue weighted by Gasteiger charge is 2.73. The zero-order valence-electron chi connectivity index (χ0n) is 73.9. The van der Waals surface area contributed by atoms with Crippen LogP contribution < -0.4 is 22.9 Å². The summed E-state index contributed by atoms with van der Waals surface area (Å²) >= 11 is 24.6. The summed E-state index contributed by atoms with van der Waals surface area (Å²) in [6.45, 7) is 6.67. The van der Waals surface area contributed by atoms with Gasteiger partial charge in [0.05, 0.1) is 99.7 Å². The standard InChI is InChI=1S/C25H33ClN5O13P.C23H31ClN5O13P.C15H16ClN5O5.C13H14ClN5O4/c1-7-25-20(42-16(6)43-25)24(8-26,44-21(25)31-11-30-17-18(27)28-10-29-19(17)31)9-37-45(34,38-12-35-22(32)40-14(2)3)39-13-36-23(33)41-15(4)5;1-6-23(33)18(30)22(7-24,42-19(23)29-10-28-15-16(25)26-9-27-17(15)29)8-37-43(34,38-11-35-20(31)40-13(2)3)39-12-36-21(32)41-14(4)5;1-3-15-11(24-13(23-2)26-15)14(4-16,5-22)25-12(15)21-7-20-8-9(17)18-6-19-10(8)21;1-2-13(22)10(21)12(3-14,4-20)23-11(13)19-6-18-7-8(15)16-5-17-9(7)19/h1,10-11,14-16,20-21H,8-9,12-13H2,2-6H3,(H2,27,28,29);1,9-10,13-14,18-19,30,33H,7-8,11-12H2,2-5H3,(H2,25,26,27);1,6-7,11-13,22H,4-5H2,2H3,(H2,17,18,19);1,5-6,10-11,20-22H,3-4H2,(H2,15,16,17)/t16?,20-,21-,24-,25-;18-,19-,22-,23-;11-,12-,13?,14-,15-;10-,11-,12-,13-/m1111/s1. The largest absolute Gasteiger partial charge is 0.510 e. The molecule has 0 radical (unpaired) electrons. The average molecular weight is 2050 g/mol. The van der Waals surface area contributed by atoms with Gasteiger partial charge in [0.25, 0.3) is 6.48 Å². The van der Waals surface area contributed by atoms with Crippen LogP contribution in [-0.2, 0) is 117 Å². The van der Waals surface area contributed by atoms with Crippen molar-refractivity contribution >= 4 is 155 Å². The van der Waals surface area contributed by atoms with Crippen LogP contribution in [0.2, 0.25) is 0 Å². The number of halogens is 4. The van der Waals surface area contributed by atoms with Gasteiger partial charge in [-0.15, -0.1) is 72.1 Å². The van der Waals surface area contributed by atoms with Gasteiger partial charge in [-0.25, -0.2) is 106 Å². The number of alkyl halides is 4. The first-order valence-corrected chi connectivity index (χ1v) is 45.2. The fourth-order valence-corrected chi connectivity index (χ4v) is 17.3. The van der Waals surface area contributed by atoms with E-state index < -0.39 is 231 Å². The van der Waals surface area contributed by atoms with E-state index in [9.17, 15) is 58.9 Å². The molecule has 137 heavy (non-hydrogen) atoms. The molecule has 14 rings (SSSR count). The second-order valence-corrected chi connectivity index (χ2v) is 35.4. The van der Waals surface area contributed by atoms with Crippen LogP contribution >= 0.6 is 62.0 Å². The topological polar surface area (TPSA) is 715 Å². The molecule has 8 aromatic heterocycles. The third-order valence-corrected chi connectivity index (χ3v) is 25.0. The lowest BCUT2D eigenvalue weighted by Crippen LogP contribution is -2.53. The van der Waals surface area contributed by atoms with Gasteiger partial charge in [0.15, 0.2) is 88.3 Å². The molecule has 746 valence electrons. The van der Waals surface area contributed by atoms with Crippen molar-refractivity contribution in [1.82, 2.24) is 78.1 Å². The van der Waals surface area contributed by atoms with Crippen LogP contribution in [0.1, 0.15) is 87.2 Å². The number of carbonyl (C=O) groups is 4. The van der Waals surface area contributed by atoms with Crippen molar-refractivity contribution in [3.05, 3.63) is 50.6 Å². The number of imidazole rings is 4. The number of carbonyl (C=O) groups excluding carboxylic acids is 4. The molecule has 18 atom stereocenters. The number of phosphoric acid groups is 2. The molecule has 0 spiro atoms. The van der Waals surface area contributed by atoms with Gasteiger partial charge in [-0.3, -0.25) is 27.3 Å². The first-order chi connectivity index (χ1) is 65.0. The lowest BCUT2D eigenvalue weighted by molar-refractivity contribution is -0.274. The van der Waals surface area contributed by atoms with Crippen molar-refractivity contribution in [1.29, 1.82) is 0 Å². The molecule has 61 heteroatoms. The lowest BCUT2D eigenvalue weighted by atomic mass is 9.88. The number of nitrogen functional groups attached to an aromatic ring is 4. The molecule has 6 saturated heterocycles. The van der Waals surface area contributed by atoms with Crippen molar-refractivity contribution in [2.24, 2.45) is 0 Å². The Morgan fingerprint density at radius 1 is 0.431 bits per heavy atom. The Morgan fingerprint density at radius 2 is 0.723 bits per heavy atom. The summed E-state index contributed by atoms with van der Waals surface area (Å²) in [5.41, 5.74) is 11.1. The summed E-state index contributed by atoms with van der Waals surface area (Å²) < 4.78 is 155. The molecular weight excluding hydrogens is 1960 g/mol. The fraction of sp³-hybridized carbons (Fsp3) is 0.579. The number of methoxy groups -OCH3 is 1. The first-order valence-electron chi connectivity index (χ1n) is 40.2. The lowest BCUT2D eigenvalue weighted by Gasteiger charge is -2.32. The van der Waals surface area contributed by atoms with Gasteiger partial charge >= 0.3 is 40.3 Å². The van der Waals surface area contributed by atoms with Crippen LogP contribution in [0, 0.1) is 49.4 Å². The number of aliphatic hydroxyl groups excluding tert-OH is 4. The SMILES string of the molecule is C#C[C@@]1(O)[C@H](O)[C@@](CCl)(COP(=O)(OCOC(=O)OC(C)C)OCOC(=O)OC(C)C)O[C@H]1n1cnc2c(N)ncnc21.C#C[C@@]1(O)[C@H](O)[C@](CO)(CCl)O[C@H]1n1cnc2c(N)ncnc21.C#C[C@@]12OC(C)O[C@@H]1[C@@](CCl)(COP(=O)(OCOC(=O)OC(C)C)OCOC(=O)OC(C)C)O[C@H]2n1cnc2c(N)ncnc21.C#C[C@@]12OC(OC)O[C@@H]1[C@](CO)(CCl)O[C@H]2n1cnc2c(N)ncnc21. The average Bonchev–Trinajstić information content (AvgIpc) is 1.54. The summed E-state index contributed by atoms with van der Waals surface area (Å²) in [6.07, 6.45) is 15.1. The van der Waals surface area contributed by atoms with E-state index in [1.54, 1.807) is 66.9 Å². The minimum absolute atomic E-state index is 0.0210. The summed E-state index contributed by atoms with van der Waals surface area (Å²) in [6, 6.07) is 0. The van der Waals surface area contributed by atoms with Crippen molar-refractivity contribution in [2.45, 2.75) is 194 Å². The predicted octanol–water partition coefficient (Wildman–Crippen LogP) is 3.34. The molecule has 6 aliphatic rings. The van der Waals surface area contributed by atoms with Crippen LogP contribution in [-0.4, -0.2) is 324 Å². The molecule has 0 aliphatic carbocycles. The van der Waals surface area contributed by atoms with Crippen LogP contribution in [0.25, 0.3) is 44.7 Å². The van der Waals surface area contributed by atoms with Crippen LogP contribution in [0.5, 0.6) is 0 Å². The van der Waals surface area contributed by atoms with Gasteiger partial charge in [-0.1, -0.05) is 23.7 Å². The summed E-state index contributed by atoms with van der Waals surface area (Å²) in [5.74, 6) is 8.60. The van der Waals surface area contributed by atoms with E-state index in [1.165, 1.54) is 65.1 Å². The van der Waals surface area contributed by atoms with Crippen molar-refractivity contribution in [2.75, 3.05) is 107 Å². The third kappa shape index (κ3) is 21.6. The van der Waals surface area contributed by atoms with Gasteiger partial charge in [-0.2, -0.15) is 0 Å². The molecular formula is C76H94Cl4N20O35P2. The molecule has 2 unspecified atom stereocenters. The van der Waals surface area contributed by atoms with Crippen LogP contribution in [0.3, 0.4) is 0 Å². The first kappa shape index (κ1) is 107. The van der Waals surface area contributed by atoms with Crippen LogP contribution in [0.4, 0.5) is 42.4 Å². The number of terminal acetylenes is 4. The highest BCUT2D eigenvalue weighted by Crippen LogP contribution is 2.59. The maximum absolute atomic E-state index is 13.7. The zero-order valence-corrected chi connectivity index (χ0v) is 78.7. The van der Waals surface area contributed by atoms with Crippen molar-refractivity contribution < 1.29 is 167 Å². The van der Waals surface area contributed by atoms with E-state index in [0.717, 1.165) is 6.33 Å². The Labute approximate surface area is 796 Å². The molecule has 0 aromatic carbocycles. The molecule has 8 aromatic rings. The molecule has 6 aliphatic heterocycles. The van der Waals surface area contributed by atoms with Gasteiger partial charge < -0.3 is 134 Å². The molecule has 14 N–H and O–H groups in total. The number of ether oxygens (including phenoxy) is 17. The maximum atomic E-state index is 13.7. The number of phosphoric ester groups is 2. The van der Waals surface area contributed by atoms with Gasteiger partial charge in [0.2, 0.25) is 38.4 Å². The van der Waals surface area contributed by atoms with Gasteiger partial charge in [0, 0.05) is 7.11 Å². The molecule has 0 bridgehead atoms. The number of aliphatic hydroxyl groups is 6. The van der Waals surface area contributed by atoms with Gasteiger partial charge in [0.1, 0.15) is 94.2 Å². The van der Waals surface area contributed by atoms with Crippen LogP contribution in [0.15, 0.2) is 50.6 Å². The smallest absolute Gasteiger partial charge is 0.432 e. The van der Waals surface area contributed by atoms with Crippen molar-refractivity contribution in [3.8, 4) is 49.4 Å². The number of anilines is 4. The Balaban J connectivity index is 0.000000181. The third-order valence-electron chi connectivity index (χ3n) is 20.6. The van der Waals surface area contributed by atoms with E-state index in [0.29, 0.717) is 11.2 Å². The normalized spacial score (nSPS) is 28.6. The molecule has 14 heterocycles. The second-order valence-electron chi connectivity index (χ2n) is 31.0. The van der Waals surface area contributed by atoms with E-state index in [1.807, 2.05) is 0 Å². The summed E-state index contributed by atoms with van der Waals surface area (Å²) in [5, 5.41) is 63.2. The monoisotopic (exact) mass is 2050 g/mol.